The summed E-state index contributed by atoms with van der Waals surface area (Å²) in [5.41, 5.74) is 2.46. The summed E-state index contributed by atoms with van der Waals surface area (Å²) in [4.78, 5) is 2.61. The lowest BCUT2D eigenvalue weighted by atomic mass is 9.99. The number of hydrogen-bond acceptors (Lipinski definition) is 3. The van der Waals surface area contributed by atoms with E-state index in [9.17, 15) is 5.11 Å². The predicted octanol–water partition coefficient (Wildman–Crippen LogP) is 3.09. The minimum atomic E-state index is 0.438. The normalized spacial score (nSPS) is 23.4. The van der Waals surface area contributed by atoms with Crippen molar-refractivity contribution in [2.75, 3.05) is 26.2 Å². The van der Waals surface area contributed by atoms with Gasteiger partial charge in [0.2, 0.25) is 0 Å². The number of phenolic OH excluding ortho intramolecular Hbond substituents is 1. The van der Waals surface area contributed by atoms with E-state index in [0.29, 0.717) is 11.8 Å². The van der Waals surface area contributed by atoms with Crippen LogP contribution in [0, 0.1) is 5.92 Å². The molecule has 0 amide bonds. The Kier molecular flexibility index (Phi) is 4.81. The van der Waals surface area contributed by atoms with Crippen molar-refractivity contribution < 1.29 is 5.11 Å². The zero-order chi connectivity index (χ0) is 14.7. The average molecular weight is 288 g/mol. The first-order valence-corrected chi connectivity index (χ1v) is 8.50. The van der Waals surface area contributed by atoms with Crippen LogP contribution in [0.3, 0.4) is 0 Å². The number of benzene rings is 1. The van der Waals surface area contributed by atoms with Crippen LogP contribution in [-0.2, 0) is 6.42 Å². The van der Waals surface area contributed by atoms with E-state index in [1.807, 2.05) is 6.07 Å². The zero-order valence-corrected chi connectivity index (χ0v) is 13.1. The first kappa shape index (κ1) is 14.9. The van der Waals surface area contributed by atoms with E-state index in [0.717, 1.165) is 30.9 Å². The molecule has 1 fully saturated rings. The predicted molar refractivity (Wildman–Crippen MR) is 86.6 cm³/mol. The number of rotatable bonds is 5. The first-order valence-electron chi connectivity index (χ1n) is 8.50. The van der Waals surface area contributed by atoms with Crippen molar-refractivity contribution in [2.45, 2.75) is 45.1 Å². The van der Waals surface area contributed by atoms with Crippen molar-refractivity contribution in [3.8, 4) is 5.75 Å². The molecule has 2 N–H and O–H groups in total. The highest BCUT2D eigenvalue weighted by Gasteiger charge is 2.24. The van der Waals surface area contributed by atoms with Crippen LogP contribution >= 0.6 is 0 Å². The second kappa shape index (κ2) is 6.80. The van der Waals surface area contributed by atoms with Crippen LogP contribution < -0.4 is 5.32 Å². The highest BCUT2D eigenvalue weighted by atomic mass is 16.3. The number of fused-ring (bicyclic) bond motifs is 1. The summed E-state index contributed by atoms with van der Waals surface area (Å²) in [5.74, 6) is 1.39. The molecule has 0 spiro atoms. The Hall–Kier alpha value is -1.06. The second-order valence-corrected chi connectivity index (χ2v) is 6.77. The van der Waals surface area contributed by atoms with E-state index < -0.39 is 0 Å². The maximum atomic E-state index is 9.88. The van der Waals surface area contributed by atoms with Gasteiger partial charge in [-0.1, -0.05) is 19.1 Å². The summed E-state index contributed by atoms with van der Waals surface area (Å²) >= 11 is 0. The van der Waals surface area contributed by atoms with Crippen molar-refractivity contribution in [2.24, 2.45) is 5.92 Å². The number of likely N-dealkylation sites (tertiary alicyclic amines) is 1. The molecule has 0 aromatic heterocycles. The van der Waals surface area contributed by atoms with Gasteiger partial charge in [0.1, 0.15) is 5.75 Å². The van der Waals surface area contributed by atoms with Crippen molar-refractivity contribution >= 4 is 0 Å². The summed E-state index contributed by atoms with van der Waals surface area (Å²) in [5, 5.41) is 13.6. The fourth-order valence-electron chi connectivity index (χ4n) is 3.71. The van der Waals surface area contributed by atoms with Crippen LogP contribution in [0.1, 0.15) is 49.8 Å². The van der Waals surface area contributed by atoms with Crippen molar-refractivity contribution in [1.29, 1.82) is 0 Å². The molecule has 21 heavy (non-hydrogen) atoms. The zero-order valence-electron chi connectivity index (χ0n) is 13.1. The quantitative estimate of drug-likeness (QED) is 0.817. The largest absolute Gasteiger partial charge is 0.508 e. The monoisotopic (exact) mass is 288 g/mol. The lowest BCUT2D eigenvalue weighted by Crippen LogP contribution is -2.35. The third-order valence-electron chi connectivity index (χ3n) is 5.16. The van der Waals surface area contributed by atoms with Crippen LogP contribution in [-0.4, -0.2) is 36.2 Å². The van der Waals surface area contributed by atoms with E-state index in [-0.39, 0.29) is 0 Å². The van der Waals surface area contributed by atoms with Gasteiger partial charge in [-0.25, -0.2) is 0 Å². The van der Waals surface area contributed by atoms with Gasteiger partial charge in [-0.3, -0.25) is 0 Å². The molecule has 1 aliphatic carbocycles. The molecule has 1 aromatic carbocycles. The summed E-state index contributed by atoms with van der Waals surface area (Å²) in [6.07, 6.45) is 6.07. The van der Waals surface area contributed by atoms with E-state index >= 15 is 0 Å². The molecule has 1 aliphatic heterocycles. The molecular formula is C18H28N2O. The van der Waals surface area contributed by atoms with Crippen LogP contribution in [0.25, 0.3) is 0 Å². The molecule has 0 saturated carbocycles. The standard InChI is InChI=1S/C18H28N2O/c1-14-8-12-20(13-9-14)11-3-10-19-17-7-6-16-15(17)4-2-5-18(16)21/h2,4-5,14,17,19,21H,3,6-13H2,1H3. The number of phenols is 1. The molecular weight excluding hydrogens is 260 g/mol. The van der Waals surface area contributed by atoms with Crippen LogP contribution in [0.2, 0.25) is 0 Å². The van der Waals surface area contributed by atoms with Crippen LogP contribution in [0.4, 0.5) is 0 Å². The topological polar surface area (TPSA) is 35.5 Å². The van der Waals surface area contributed by atoms with Crippen molar-refractivity contribution in [3.63, 3.8) is 0 Å². The first-order chi connectivity index (χ1) is 10.2. The van der Waals surface area contributed by atoms with Crippen LogP contribution in [0.5, 0.6) is 5.75 Å². The Balaban J connectivity index is 1.40. The number of piperidine rings is 1. The van der Waals surface area contributed by atoms with Gasteiger partial charge in [0, 0.05) is 6.04 Å². The smallest absolute Gasteiger partial charge is 0.119 e. The molecule has 116 valence electrons. The lowest BCUT2D eigenvalue weighted by Gasteiger charge is -2.30. The van der Waals surface area contributed by atoms with Crippen LogP contribution in [0.15, 0.2) is 18.2 Å². The van der Waals surface area contributed by atoms with Gasteiger partial charge in [0.25, 0.3) is 0 Å². The Bertz CT molecular complexity index is 466. The maximum Gasteiger partial charge on any atom is 0.119 e. The molecule has 1 heterocycles. The summed E-state index contributed by atoms with van der Waals surface area (Å²) in [6, 6.07) is 6.36. The molecule has 0 radical (unpaired) electrons. The van der Waals surface area contributed by atoms with Gasteiger partial charge in [-0.05, 0) is 81.4 Å². The second-order valence-electron chi connectivity index (χ2n) is 6.77. The van der Waals surface area contributed by atoms with Crippen molar-refractivity contribution in [3.05, 3.63) is 29.3 Å². The number of hydrogen-bond donors (Lipinski definition) is 2. The molecule has 3 rings (SSSR count). The Morgan fingerprint density at radius 2 is 2.05 bits per heavy atom. The van der Waals surface area contributed by atoms with E-state index in [4.69, 9.17) is 0 Å². The molecule has 1 aromatic rings. The third-order valence-corrected chi connectivity index (χ3v) is 5.16. The summed E-state index contributed by atoms with van der Waals surface area (Å²) in [6.45, 7) is 7.22. The summed E-state index contributed by atoms with van der Waals surface area (Å²) in [7, 11) is 0. The number of nitrogens with zero attached hydrogens (tertiary/aromatic N) is 1. The van der Waals surface area contributed by atoms with Gasteiger partial charge >= 0.3 is 0 Å². The Morgan fingerprint density at radius 3 is 2.86 bits per heavy atom. The SMILES string of the molecule is CC1CCN(CCCNC2CCc3c(O)cccc32)CC1. The molecule has 1 unspecified atom stereocenters. The van der Waals surface area contributed by atoms with Gasteiger partial charge in [-0.15, -0.1) is 0 Å². The van der Waals surface area contributed by atoms with Gasteiger partial charge < -0.3 is 15.3 Å². The minimum absolute atomic E-state index is 0.438. The molecule has 1 saturated heterocycles. The molecule has 0 bridgehead atoms. The lowest BCUT2D eigenvalue weighted by molar-refractivity contribution is 0.190. The van der Waals surface area contributed by atoms with Gasteiger partial charge in [0.05, 0.1) is 0 Å². The van der Waals surface area contributed by atoms with Gasteiger partial charge in [-0.2, -0.15) is 0 Å². The van der Waals surface area contributed by atoms with E-state index in [1.165, 1.54) is 44.5 Å². The fraction of sp³-hybridized carbons (Fsp3) is 0.667. The average Bonchev–Trinajstić information content (AvgIpc) is 2.90. The fourth-order valence-corrected chi connectivity index (χ4v) is 3.71. The molecule has 2 aliphatic rings. The highest BCUT2D eigenvalue weighted by molar-refractivity contribution is 5.44. The van der Waals surface area contributed by atoms with Gasteiger partial charge in [0.15, 0.2) is 0 Å². The Labute approximate surface area is 128 Å². The third kappa shape index (κ3) is 3.58. The molecule has 3 heteroatoms. The minimum Gasteiger partial charge on any atom is -0.508 e. The summed E-state index contributed by atoms with van der Waals surface area (Å²) < 4.78 is 0. The maximum absolute atomic E-state index is 9.88. The molecule has 1 atom stereocenters. The molecule has 3 nitrogen and oxygen atoms in total. The number of nitrogens with one attached hydrogen (secondary N) is 1. The van der Waals surface area contributed by atoms with E-state index in [2.05, 4.69) is 23.2 Å². The Morgan fingerprint density at radius 1 is 1.24 bits per heavy atom. The highest BCUT2D eigenvalue weighted by Crippen LogP contribution is 2.36. The van der Waals surface area contributed by atoms with Crippen molar-refractivity contribution in [1.82, 2.24) is 10.2 Å². The van der Waals surface area contributed by atoms with E-state index in [1.54, 1.807) is 6.07 Å². The number of aromatic hydroxyl groups is 1.